The maximum Gasteiger partial charge on any atom is 0.124 e. The first kappa shape index (κ1) is 17.0. The second-order valence-corrected chi connectivity index (χ2v) is 8.94. The third-order valence-corrected chi connectivity index (χ3v) is 7.21. The molecule has 0 saturated carbocycles. The molecule has 2 aliphatic rings. The summed E-state index contributed by atoms with van der Waals surface area (Å²) in [5.74, 6) is 1.39. The molecule has 4 aromatic rings. The van der Waals surface area contributed by atoms with Gasteiger partial charge in [-0.2, -0.15) is 0 Å². The van der Waals surface area contributed by atoms with Crippen LogP contribution >= 0.6 is 0 Å². The number of aryl methyl sites for hydroxylation is 1. The summed E-state index contributed by atoms with van der Waals surface area (Å²) >= 11 is 0. The summed E-state index contributed by atoms with van der Waals surface area (Å²) in [6, 6.07) is 22.2. The minimum absolute atomic E-state index is 0.0129. The van der Waals surface area contributed by atoms with Gasteiger partial charge in [0.05, 0.1) is 12.6 Å². The SMILES string of the molecule is CCn1c2ccccc2c2c3c(ccc21)N[C@H]1c2ccccc2OC[C@H]1C3(C)C. The highest BCUT2D eigenvalue weighted by molar-refractivity contribution is 6.12. The summed E-state index contributed by atoms with van der Waals surface area (Å²) in [6.45, 7) is 8.75. The third-order valence-electron chi connectivity index (χ3n) is 7.21. The Kier molecular flexibility index (Phi) is 3.39. The Bertz CT molecular complexity index is 1270. The topological polar surface area (TPSA) is 26.2 Å². The minimum atomic E-state index is -0.0129. The van der Waals surface area contributed by atoms with E-state index < -0.39 is 0 Å². The van der Waals surface area contributed by atoms with Crippen molar-refractivity contribution in [1.82, 2.24) is 4.57 Å². The second-order valence-electron chi connectivity index (χ2n) is 8.94. The van der Waals surface area contributed by atoms with E-state index in [4.69, 9.17) is 4.74 Å². The van der Waals surface area contributed by atoms with Crippen LogP contribution in [0.15, 0.2) is 60.7 Å². The summed E-state index contributed by atoms with van der Waals surface area (Å²) in [5.41, 5.74) is 6.61. The summed E-state index contributed by atoms with van der Waals surface area (Å²) in [5, 5.41) is 6.66. The van der Waals surface area contributed by atoms with Gasteiger partial charge in [0.25, 0.3) is 0 Å². The van der Waals surface area contributed by atoms with Gasteiger partial charge in [-0.25, -0.2) is 0 Å². The van der Waals surface area contributed by atoms with Gasteiger partial charge in [0, 0.05) is 50.9 Å². The zero-order chi connectivity index (χ0) is 19.8. The molecule has 1 N–H and O–H groups in total. The Balaban J connectivity index is 1.67. The molecule has 3 nitrogen and oxygen atoms in total. The number of para-hydroxylation sites is 2. The number of benzene rings is 3. The number of ether oxygens (including phenoxy) is 1. The minimum Gasteiger partial charge on any atom is -0.493 e. The van der Waals surface area contributed by atoms with Gasteiger partial charge in [0.2, 0.25) is 0 Å². The van der Waals surface area contributed by atoms with Crippen LogP contribution in [0.5, 0.6) is 5.75 Å². The Morgan fingerprint density at radius 1 is 1.00 bits per heavy atom. The van der Waals surface area contributed by atoms with Gasteiger partial charge in [-0.15, -0.1) is 0 Å². The van der Waals surface area contributed by atoms with E-state index in [1.807, 2.05) is 0 Å². The van der Waals surface area contributed by atoms with Gasteiger partial charge in [0.1, 0.15) is 5.75 Å². The number of fused-ring (bicyclic) bond motifs is 8. The summed E-state index contributed by atoms with van der Waals surface area (Å²) in [6.07, 6.45) is 0. The summed E-state index contributed by atoms with van der Waals surface area (Å²) in [4.78, 5) is 0. The smallest absolute Gasteiger partial charge is 0.124 e. The number of aromatic nitrogens is 1. The van der Waals surface area contributed by atoms with Crippen LogP contribution in [0, 0.1) is 5.92 Å². The Labute approximate surface area is 171 Å². The molecule has 0 aliphatic carbocycles. The van der Waals surface area contributed by atoms with Crippen LogP contribution < -0.4 is 10.1 Å². The van der Waals surface area contributed by atoms with Gasteiger partial charge in [-0.3, -0.25) is 0 Å². The molecule has 3 heterocycles. The molecule has 2 atom stereocenters. The lowest BCUT2D eigenvalue weighted by Crippen LogP contribution is -2.46. The Morgan fingerprint density at radius 2 is 1.79 bits per heavy atom. The third kappa shape index (κ3) is 2.13. The lowest BCUT2D eigenvalue weighted by Gasteiger charge is -2.48. The number of nitrogens with one attached hydrogen (secondary N) is 1. The molecule has 0 spiro atoms. The van der Waals surface area contributed by atoms with Crippen molar-refractivity contribution in [2.75, 3.05) is 11.9 Å². The average molecular weight is 383 g/mol. The van der Waals surface area contributed by atoms with Crippen LogP contribution in [-0.2, 0) is 12.0 Å². The van der Waals surface area contributed by atoms with Gasteiger partial charge in [0.15, 0.2) is 0 Å². The standard InChI is InChI=1S/C26H26N2O/c1-4-28-20-11-7-5-9-16(20)23-21(28)14-13-19-24(23)26(2,3)18-15-29-22-12-8-6-10-17(22)25(18)27-19/h5-14,18,25,27H,4,15H2,1-3H3/t18-,25+/m1/s1. The van der Waals surface area contributed by atoms with Crippen molar-refractivity contribution in [3.63, 3.8) is 0 Å². The fourth-order valence-electron chi connectivity index (χ4n) is 5.79. The normalized spacial score (nSPS) is 21.8. The Morgan fingerprint density at radius 3 is 2.66 bits per heavy atom. The van der Waals surface area contributed by atoms with Crippen molar-refractivity contribution in [2.24, 2.45) is 5.92 Å². The largest absolute Gasteiger partial charge is 0.493 e. The van der Waals surface area contributed by atoms with E-state index in [1.165, 1.54) is 38.6 Å². The molecule has 29 heavy (non-hydrogen) atoms. The number of anilines is 1. The van der Waals surface area contributed by atoms with E-state index in [0.717, 1.165) is 18.9 Å². The zero-order valence-electron chi connectivity index (χ0n) is 17.2. The number of hydrogen-bond acceptors (Lipinski definition) is 2. The van der Waals surface area contributed by atoms with Crippen molar-refractivity contribution in [2.45, 2.75) is 38.8 Å². The van der Waals surface area contributed by atoms with Crippen LogP contribution in [0.4, 0.5) is 5.69 Å². The molecule has 0 saturated heterocycles. The molecule has 146 valence electrons. The number of nitrogens with zero attached hydrogens (tertiary/aromatic N) is 1. The zero-order valence-corrected chi connectivity index (χ0v) is 17.2. The van der Waals surface area contributed by atoms with E-state index in [0.29, 0.717) is 5.92 Å². The van der Waals surface area contributed by atoms with Crippen LogP contribution in [0.25, 0.3) is 21.8 Å². The van der Waals surface area contributed by atoms with Crippen LogP contribution in [0.1, 0.15) is 37.9 Å². The first-order valence-corrected chi connectivity index (χ1v) is 10.6. The first-order valence-electron chi connectivity index (χ1n) is 10.6. The average Bonchev–Trinajstić information content (AvgIpc) is 3.07. The predicted molar refractivity (Wildman–Crippen MR) is 120 cm³/mol. The quantitative estimate of drug-likeness (QED) is 0.420. The van der Waals surface area contributed by atoms with Crippen LogP contribution in [-0.4, -0.2) is 11.2 Å². The highest BCUT2D eigenvalue weighted by atomic mass is 16.5. The molecule has 0 unspecified atom stereocenters. The lowest BCUT2D eigenvalue weighted by molar-refractivity contribution is 0.136. The molecule has 0 radical (unpaired) electrons. The number of hydrogen-bond donors (Lipinski definition) is 1. The maximum absolute atomic E-state index is 6.22. The molecular weight excluding hydrogens is 356 g/mol. The van der Waals surface area contributed by atoms with Gasteiger partial charge in [-0.1, -0.05) is 50.2 Å². The van der Waals surface area contributed by atoms with Crippen LogP contribution in [0.3, 0.4) is 0 Å². The van der Waals surface area contributed by atoms with E-state index in [1.54, 1.807) is 0 Å². The predicted octanol–water partition coefficient (Wildman–Crippen LogP) is 6.27. The maximum atomic E-state index is 6.22. The van der Waals surface area contributed by atoms with E-state index in [9.17, 15) is 0 Å². The highest BCUT2D eigenvalue weighted by Gasteiger charge is 2.47. The van der Waals surface area contributed by atoms with Crippen molar-refractivity contribution >= 4 is 27.5 Å². The van der Waals surface area contributed by atoms with Crippen LogP contribution in [0.2, 0.25) is 0 Å². The molecule has 1 aromatic heterocycles. The highest BCUT2D eigenvalue weighted by Crippen LogP contribution is 2.54. The molecule has 0 bridgehead atoms. The molecular formula is C26H26N2O. The van der Waals surface area contributed by atoms with E-state index in [2.05, 4.69) is 91.3 Å². The molecule has 0 amide bonds. The van der Waals surface area contributed by atoms with Crippen molar-refractivity contribution in [3.8, 4) is 5.75 Å². The fourth-order valence-corrected chi connectivity index (χ4v) is 5.79. The monoisotopic (exact) mass is 382 g/mol. The molecule has 6 rings (SSSR count). The Hall–Kier alpha value is -2.94. The van der Waals surface area contributed by atoms with E-state index >= 15 is 0 Å². The summed E-state index contributed by atoms with van der Waals surface area (Å²) < 4.78 is 8.67. The molecule has 3 aromatic carbocycles. The second kappa shape index (κ2) is 5.79. The first-order chi connectivity index (χ1) is 14.1. The molecule has 3 heteroatoms. The molecule has 0 fully saturated rings. The van der Waals surface area contributed by atoms with E-state index in [-0.39, 0.29) is 11.5 Å². The van der Waals surface area contributed by atoms with Gasteiger partial charge in [-0.05, 0) is 36.8 Å². The van der Waals surface area contributed by atoms with Gasteiger partial charge >= 0.3 is 0 Å². The molecule has 2 aliphatic heterocycles. The van der Waals surface area contributed by atoms with Crippen molar-refractivity contribution in [3.05, 3.63) is 71.8 Å². The summed E-state index contributed by atoms with van der Waals surface area (Å²) in [7, 11) is 0. The van der Waals surface area contributed by atoms with Gasteiger partial charge < -0.3 is 14.6 Å². The van der Waals surface area contributed by atoms with Crippen molar-refractivity contribution in [1.29, 1.82) is 0 Å². The fraction of sp³-hybridized carbons (Fsp3) is 0.308. The van der Waals surface area contributed by atoms with Crippen molar-refractivity contribution < 1.29 is 4.74 Å². The lowest BCUT2D eigenvalue weighted by atomic mass is 9.64. The number of rotatable bonds is 1.